The van der Waals surface area contributed by atoms with Crippen molar-refractivity contribution in [3.8, 4) is 0 Å². The van der Waals surface area contributed by atoms with Gasteiger partial charge in [-0.15, -0.1) is 0 Å². The fraction of sp³-hybridized carbons (Fsp3) is 0.600. The van der Waals surface area contributed by atoms with Crippen LogP contribution in [0.4, 0.5) is 8.78 Å². The molecule has 1 aliphatic heterocycles. The van der Waals surface area contributed by atoms with Crippen LogP contribution in [0.3, 0.4) is 0 Å². The number of ether oxygens (including phenoxy) is 1. The molecule has 112 valence electrons. The minimum atomic E-state index is -0.554. The Balaban J connectivity index is 2.21. The number of halogens is 2. The zero-order chi connectivity index (χ0) is 14.5. The van der Waals surface area contributed by atoms with Crippen LogP contribution in [0.15, 0.2) is 18.2 Å². The zero-order valence-corrected chi connectivity index (χ0v) is 12.0. The molecule has 2 rings (SSSR count). The zero-order valence-electron chi connectivity index (χ0n) is 12.0. The molecule has 2 atom stereocenters. The van der Waals surface area contributed by atoms with Crippen molar-refractivity contribution in [1.82, 2.24) is 10.2 Å². The van der Waals surface area contributed by atoms with Gasteiger partial charge in [-0.3, -0.25) is 0 Å². The summed E-state index contributed by atoms with van der Waals surface area (Å²) in [6, 6.07) is 3.49. The molecule has 1 aliphatic rings. The Morgan fingerprint density at radius 1 is 1.45 bits per heavy atom. The molecule has 1 fully saturated rings. The number of nitrogens with one attached hydrogen (secondary N) is 1. The maximum atomic E-state index is 14.0. The van der Waals surface area contributed by atoms with Crippen molar-refractivity contribution >= 4 is 0 Å². The highest BCUT2D eigenvalue weighted by Crippen LogP contribution is 2.25. The van der Waals surface area contributed by atoms with Crippen molar-refractivity contribution in [1.29, 1.82) is 0 Å². The average molecular weight is 284 g/mol. The van der Waals surface area contributed by atoms with Gasteiger partial charge in [0.05, 0.1) is 18.8 Å². The molecule has 1 aromatic carbocycles. The SMILES string of the molecule is CCCNC(c1ccc(F)cc1F)C1CN(C)CCO1. The van der Waals surface area contributed by atoms with Gasteiger partial charge in [0.25, 0.3) is 0 Å². The predicted octanol–water partition coefficient (Wildman–Crippen LogP) is 2.34. The fourth-order valence-corrected chi connectivity index (χ4v) is 2.51. The number of benzene rings is 1. The van der Waals surface area contributed by atoms with Crippen LogP contribution in [0.25, 0.3) is 0 Å². The van der Waals surface area contributed by atoms with Gasteiger partial charge in [0, 0.05) is 24.7 Å². The summed E-state index contributed by atoms with van der Waals surface area (Å²) in [6.45, 7) is 5.07. The molecule has 0 saturated carbocycles. The number of hydrogen-bond acceptors (Lipinski definition) is 3. The Morgan fingerprint density at radius 2 is 2.25 bits per heavy atom. The number of rotatable bonds is 5. The molecule has 0 spiro atoms. The highest BCUT2D eigenvalue weighted by Gasteiger charge is 2.29. The van der Waals surface area contributed by atoms with Crippen molar-refractivity contribution in [2.75, 3.05) is 33.3 Å². The topological polar surface area (TPSA) is 24.5 Å². The lowest BCUT2D eigenvalue weighted by Gasteiger charge is -2.36. The van der Waals surface area contributed by atoms with Crippen molar-refractivity contribution < 1.29 is 13.5 Å². The molecule has 1 heterocycles. The summed E-state index contributed by atoms with van der Waals surface area (Å²) in [5, 5.41) is 3.32. The molecular formula is C15H22F2N2O. The summed E-state index contributed by atoms with van der Waals surface area (Å²) in [7, 11) is 2.02. The molecule has 0 aromatic heterocycles. The Hall–Kier alpha value is -1.04. The molecule has 0 bridgehead atoms. The second kappa shape index (κ2) is 7.11. The van der Waals surface area contributed by atoms with Crippen LogP contribution in [-0.2, 0) is 4.74 Å². The lowest BCUT2D eigenvalue weighted by atomic mass is 9.99. The van der Waals surface area contributed by atoms with Crippen LogP contribution >= 0.6 is 0 Å². The summed E-state index contributed by atoms with van der Waals surface area (Å²) >= 11 is 0. The number of likely N-dealkylation sites (N-methyl/N-ethyl adjacent to an activating group) is 1. The first-order chi connectivity index (χ1) is 9.61. The molecule has 1 saturated heterocycles. The largest absolute Gasteiger partial charge is 0.374 e. The van der Waals surface area contributed by atoms with Crippen molar-refractivity contribution in [2.24, 2.45) is 0 Å². The minimum absolute atomic E-state index is 0.125. The van der Waals surface area contributed by atoms with Crippen LogP contribution in [-0.4, -0.2) is 44.3 Å². The van der Waals surface area contributed by atoms with E-state index < -0.39 is 11.6 Å². The molecule has 0 radical (unpaired) electrons. The highest BCUT2D eigenvalue weighted by atomic mass is 19.1. The number of hydrogen-bond donors (Lipinski definition) is 1. The van der Waals surface area contributed by atoms with Crippen molar-refractivity contribution in [3.63, 3.8) is 0 Å². The molecular weight excluding hydrogens is 262 g/mol. The van der Waals surface area contributed by atoms with Crippen molar-refractivity contribution in [3.05, 3.63) is 35.4 Å². The Morgan fingerprint density at radius 3 is 2.90 bits per heavy atom. The summed E-state index contributed by atoms with van der Waals surface area (Å²) in [5.74, 6) is -1.07. The van der Waals surface area contributed by atoms with Gasteiger partial charge < -0.3 is 15.0 Å². The first kappa shape index (κ1) is 15.4. The van der Waals surface area contributed by atoms with E-state index in [4.69, 9.17) is 4.74 Å². The van der Waals surface area contributed by atoms with Gasteiger partial charge in [0.1, 0.15) is 11.6 Å². The quantitative estimate of drug-likeness (QED) is 0.898. The molecule has 2 unspecified atom stereocenters. The highest BCUT2D eigenvalue weighted by molar-refractivity contribution is 5.23. The standard InChI is InChI=1S/C15H22F2N2O/c1-3-6-18-15(14-10-19(2)7-8-20-14)12-5-4-11(16)9-13(12)17/h4-5,9,14-15,18H,3,6-8,10H2,1-2H3. The van der Waals surface area contributed by atoms with Gasteiger partial charge in [-0.25, -0.2) is 8.78 Å². The first-order valence-electron chi connectivity index (χ1n) is 7.10. The average Bonchev–Trinajstić information content (AvgIpc) is 2.41. The second-order valence-corrected chi connectivity index (χ2v) is 5.27. The molecule has 5 heteroatoms. The summed E-state index contributed by atoms with van der Waals surface area (Å²) in [6.07, 6.45) is 0.822. The molecule has 1 N–H and O–H groups in total. The van der Waals surface area contributed by atoms with Gasteiger partial charge >= 0.3 is 0 Å². The third-order valence-corrected chi connectivity index (χ3v) is 3.58. The Bertz CT molecular complexity index is 442. The first-order valence-corrected chi connectivity index (χ1v) is 7.10. The molecule has 0 amide bonds. The van der Waals surface area contributed by atoms with Gasteiger partial charge in [-0.05, 0) is 26.1 Å². The van der Waals surface area contributed by atoms with E-state index in [1.807, 2.05) is 7.05 Å². The van der Waals surface area contributed by atoms with E-state index in [0.29, 0.717) is 12.2 Å². The van der Waals surface area contributed by atoms with Gasteiger partial charge in [0.2, 0.25) is 0 Å². The van der Waals surface area contributed by atoms with Crippen LogP contribution in [0, 0.1) is 11.6 Å². The lowest BCUT2D eigenvalue weighted by Crippen LogP contribution is -2.47. The van der Waals surface area contributed by atoms with Crippen LogP contribution in [0.2, 0.25) is 0 Å². The van der Waals surface area contributed by atoms with E-state index >= 15 is 0 Å². The van der Waals surface area contributed by atoms with Crippen molar-refractivity contribution in [2.45, 2.75) is 25.5 Å². The lowest BCUT2D eigenvalue weighted by molar-refractivity contribution is -0.0398. The van der Waals surface area contributed by atoms with E-state index in [1.54, 1.807) is 0 Å². The predicted molar refractivity (Wildman–Crippen MR) is 74.6 cm³/mol. The number of morpholine rings is 1. The smallest absolute Gasteiger partial charge is 0.130 e. The van der Waals surface area contributed by atoms with Crippen LogP contribution in [0.1, 0.15) is 24.9 Å². The van der Waals surface area contributed by atoms with E-state index in [0.717, 1.165) is 32.1 Å². The number of nitrogens with zero attached hydrogens (tertiary/aromatic N) is 1. The van der Waals surface area contributed by atoms with Crippen LogP contribution < -0.4 is 5.32 Å². The summed E-state index contributed by atoms with van der Waals surface area (Å²) in [4.78, 5) is 2.16. The molecule has 1 aromatic rings. The third-order valence-electron chi connectivity index (χ3n) is 3.58. The van der Waals surface area contributed by atoms with Gasteiger partial charge in [-0.1, -0.05) is 13.0 Å². The summed E-state index contributed by atoms with van der Waals surface area (Å²) in [5.41, 5.74) is 0.472. The van der Waals surface area contributed by atoms with E-state index in [9.17, 15) is 8.78 Å². The normalized spacial score (nSPS) is 21.9. The molecule has 3 nitrogen and oxygen atoms in total. The van der Waals surface area contributed by atoms with E-state index in [-0.39, 0.29) is 12.1 Å². The maximum Gasteiger partial charge on any atom is 0.130 e. The Kier molecular flexibility index (Phi) is 5.46. The fourth-order valence-electron chi connectivity index (χ4n) is 2.51. The molecule has 20 heavy (non-hydrogen) atoms. The van der Waals surface area contributed by atoms with Gasteiger partial charge in [0.15, 0.2) is 0 Å². The summed E-state index contributed by atoms with van der Waals surface area (Å²) < 4.78 is 32.9. The van der Waals surface area contributed by atoms with E-state index in [2.05, 4.69) is 17.1 Å². The van der Waals surface area contributed by atoms with Gasteiger partial charge in [-0.2, -0.15) is 0 Å². The third kappa shape index (κ3) is 3.75. The molecule has 0 aliphatic carbocycles. The minimum Gasteiger partial charge on any atom is -0.374 e. The van der Waals surface area contributed by atoms with E-state index in [1.165, 1.54) is 12.1 Å². The van der Waals surface area contributed by atoms with Crippen LogP contribution in [0.5, 0.6) is 0 Å². The Labute approximate surface area is 118 Å². The monoisotopic (exact) mass is 284 g/mol. The second-order valence-electron chi connectivity index (χ2n) is 5.27. The maximum absolute atomic E-state index is 14.0.